The third-order valence-electron chi connectivity index (χ3n) is 2.28. The van der Waals surface area contributed by atoms with E-state index in [0.717, 1.165) is 19.3 Å². The van der Waals surface area contributed by atoms with Gasteiger partial charge in [0.1, 0.15) is 5.02 Å². The van der Waals surface area contributed by atoms with Crippen LogP contribution in [0.3, 0.4) is 0 Å². The van der Waals surface area contributed by atoms with Crippen LogP contribution in [0.4, 0.5) is 0 Å². The predicted molar refractivity (Wildman–Crippen MR) is 68.2 cm³/mol. The summed E-state index contributed by atoms with van der Waals surface area (Å²) < 4.78 is 5.40. The number of oxime groups is 1. The molecule has 0 aliphatic carbocycles. The van der Waals surface area contributed by atoms with Crippen LogP contribution in [0.1, 0.15) is 24.8 Å². The summed E-state index contributed by atoms with van der Waals surface area (Å²) >= 11 is 6.02. The summed E-state index contributed by atoms with van der Waals surface area (Å²) in [5.74, 6) is 0.164. The molecule has 1 heterocycles. The minimum atomic E-state index is -0.0902. The van der Waals surface area contributed by atoms with Crippen LogP contribution in [-0.2, 0) is 0 Å². The highest BCUT2D eigenvalue weighted by Gasteiger charge is 2.11. The monoisotopic (exact) mass is 273 g/mol. The standard InChI is InChI=1S/C11H16ClN3O3/c12-9-8(10(13)15-17)4-5-14-11(9)18-7-3-1-2-6-16/h4-5,16-17H,1-3,6-7H2,(H2,13,15). The molecule has 0 saturated heterocycles. The van der Waals surface area contributed by atoms with Gasteiger partial charge < -0.3 is 20.8 Å². The number of ether oxygens (including phenoxy) is 1. The lowest BCUT2D eigenvalue weighted by Crippen LogP contribution is -2.14. The summed E-state index contributed by atoms with van der Waals surface area (Å²) in [4.78, 5) is 3.98. The van der Waals surface area contributed by atoms with Crippen molar-refractivity contribution in [2.24, 2.45) is 10.9 Å². The molecule has 0 radical (unpaired) electrons. The van der Waals surface area contributed by atoms with Crippen LogP contribution in [0.25, 0.3) is 0 Å². The number of amidine groups is 1. The Balaban J connectivity index is 2.61. The highest BCUT2D eigenvalue weighted by atomic mass is 35.5. The number of halogens is 1. The van der Waals surface area contributed by atoms with Gasteiger partial charge >= 0.3 is 0 Å². The van der Waals surface area contributed by atoms with E-state index in [9.17, 15) is 0 Å². The first-order valence-electron chi connectivity index (χ1n) is 5.56. The molecule has 18 heavy (non-hydrogen) atoms. The topological polar surface area (TPSA) is 101 Å². The molecule has 6 nitrogen and oxygen atoms in total. The molecule has 0 fully saturated rings. The average molecular weight is 274 g/mol. The Bertz CT molecular complexity index is 413. The van der Waals surface area contributed by atoms with E-state index in [4.69, 9.17) is 32.4 Å². The van der Waals surface area contributed by atoms with Gasteiger partial charge in [-0.3, -0.25) is 0 Å². The molecule has 1 aromatic rings. The number of nitrogens with zero attached hydrogens (tertiary/aromatic N) is 2. The van der Waals surface area contributed by atoms with Gasteiger partial charge in [-0.15, -0.1) is 0 Å². The lowest BCUT2D eigenvalue weighted by molar-refractivity contribution is 0.262. The average Bonchev–Trinajstić information content (AvgIpc) is 2.39. The highest BCUT2D eigenvalue weighted by molar-refractivity contribution is 6.35. The Hall–Kier alpha value is -1.53. The van der Waals surface area contributed by atoms with Gasteiger partial charge in [-0.2, -0.15) is 0 Å². The summed E-state index contributed by atoms with van der Waals surface area (Å²) in [6.07, 6.45) is 3.89. The number of aromatic nitrogens is 1. The van der Waals surface area contributed by atoms with Crippen LogP contribution >= 0.6 is 11.6 Å². The Morgan fingerprint density at radius 1 is 1.44 bits per heavy atom. The number of hydrogen-bond donors (Lipinski definition) is 3. The zero-order chi connectivity index (χ0) is 13.4. The van der Waals surface area contributed by atoms with Crippen molar-refractivity contribution in [3.63, 3.8) is 0 Å². The van der Waals surface area contributed by atoms with Crippen LogP contribution in [-0.4, -0.2) is 34.3 Å². The smallest absolute Gasteiger partial charge is 0.233 e. The number of aliphatic hydroxyl groups excluding tert-OH is 1. The lowest BCUT2D eigenvalue weighted by Gasteiger charge is -2.09. The van der Waals surface area contributed by atoms with Crippen LogP contribution in [0.15, 0.2) is 17.4 Å². The Kier molecular flexibility index (Phi) is 6.24. The van der Waals surface area contributed by atoms with Gasteiger partial charge in [0.15, 0.2) is 5.84 Å². The number of aliphatic hydroxyl groups is 1. The molecule has 0 aliphatic rings. The van der Waals surface area contributed by atoms with Crippen LogP contribution < -0.4 is 10.5 Å². The number of unbranched alkanes of at least 4 members (excludes halogenated alkanes) is 2. The summed E-state index contributed by atoms with van der Waals surface area (Å²) in [7, 11) is 0. The van der Waals surface area contributed by atoms with E-state index in [-0.39, 0.29) is 23.3 Å². The largest absolute Gasteiger partial charge is 0.477 e. The van der Waals surface area contributed by atoms with E-state index >= 15 is 0 Å². The third kappa shape index (κ3) is 4.05. The fraction of sp³-hybridized carbons (Fsp3) is 0.455. The molecular formula is C11H16ClN3O3. The third-order valence-corrected chi connectivity index (χ3v) is 2.65. The summed E-state index contributed by atoms with van der Waals surface area (Å²) in [6.45, 7) is 0.629. The van der Waals surface area contributed by atoms with Crippen molar-refractivity contribution in [1.29, 1.82) is 0 Å². The lowest BCUT2D eigenvalue weighted by atomic mass is 10.2. The fourth-order valence-electron chi connectivity index (χ4n) is 1.34. The van der Waals surface area contributed by atoms with Crippen molar-refractivity contribution in [1.82, 2.24) is 4.98 Å². The summed E-state index contributed by atoms with van der Waals surface area (Å²) in [5.41, 5.74) is 5.84. The Morgan fingerprint density at radius 3 is 2.89 bits per heavy atom. The van der Waals surface area contributed by atoms with Gasteiger partial charge in [0, 0.05) is 18.4 Å². The van der Waals surface area contributed by atoms with Crippen molar-refractivity contribution in [3.8, 4) is 5.88 Å². The summed E-state index contributed by atoms with van der Waals surface area (Å²) in [5, 5.41) is 20.3. The van der Waals surface area contributed by atoms with E-state index < -0.39 is 0 Å². The molecule has 100 valence electrons. The second kappa shape index (κ2) is 7.73. The molecule has 0 bridgehead atoms. The molecule has 0 atom stereocenters. The fourth-order valence-corrected chi connectivity index (χ4v) is 1.60. The molecule has 0 amide bonds. The molecule has 4 N–H and O–H groups in total. The highest BCUT2D eigenvalue weighted by Crippen LogP contribution is 2.25. The molecule has 7 heteroatoms. The Morgan fingerprint density at radius 2 is 2.22 bits per heavy atom. The first-order valence-corrected chi connectivity index (χ1v) is 5.94. The van der Waals surface area contributed by atoms with E-state index in [1.165, 1.54) is 12.3 Å². The predicted octanol–water partition coefficient (Wildman–Crippen LogP) is 1.37. The van der Waals surface area contributed by atoms with Gasteiger partial charge in [0.05, 0.1) is 6.61 Å². The second-order valence-corrected chi connectivity index (χ2v) is 3.97. The van der Waals surface area contributed by atoms with Crippen molar-refractivity contribution >= 4 is 17.4 Å². The zero-order valence-corrected chi connectivity index (χ0v) is 10.6. The molecule has 0 saturated carbocycles. The van der Waals surface area contributed by atoms with E-state index in [2.05, 4.69) is 10.1 Å². The molecule has 0 unspecified atom stereocenters. The maximum Gasteiger partial charge on any atom is 0.233 e. The van der Waals surface area contributed by atoms with Crippen molar-refractivity contribution < 1.29 is 15.1 Å². The van der Waals surface area contributed by atoms with Crippen LogP contribution in [0, 0.1) is 0 Å². The molecule has 0 spiro atoms. The van der Waals surface area contributed by atoms with Crippen LogP contribution in [0.2, 0.25) is 5.02 Å². The molecule has 1 aromatic heterocycles. The minimum Gasteiger partial charge on any atom is -0.477 e. The first-order chi connectivity index (χ1) is 8.70. The van der Waals surface area contributed by atoms with Crippen molar-refractivity contribution in [2.45, 2.75) is 19.3 Å². The van der Waals surface area contributed by atoms with Crippen LogP contribution in [0.5, 0.6) is 5.88 Å². The minimum absolute atomic E-state index is 0.0902. The Labute approximate surface area is 110 Å². The van der Waals surface area contributed by atoms with E-state index in [1.54, 1.807) is 0 Å². The van der Waals surface area contributed by atoms with Gasteiger partial charge in [-0.05, 0) is 25.3 Å². The van der Waals surface area contributed by atoms with E-state index in [1.807, 2.05) is 0 Å². The van der Waals surface area contributed by atoms with Gasteiger partial charge in [0.25, 0.3) is 0 Å². The zero-order valence-electron chi connectivity index (χ0n) is 9.84. The number of rotatable bonds is 7. The summed E-state index contributed by atoms with van der Waals surface area (Å²) in [6, 6.07) is 1.54. The maximum absolute atomic E-state index is 8.63. The quantitative estimate of drug-likeness (QED) is 0.229. The van der Waals surface area contributed by atoms with Crippen molar-refractivity contribution in [3.05, 3.63) is 22.8 Å². The van der Waals surface area contributed by atoms with E-state index in [0.29, 0.717) is 12.2 Å². The number of nitrogens with two attached hydrogens (primary N) is 1. The molecule has 1 rings (SSSR count). The first kappa shape index (κ1) is 14.5. The SMILES string of the molecule is N/C(=N/O)c1ccnc(OCCCCCO)c1Cl. The normalized spacial score (nSPS) is 11.6. The number of pyridine rings is 1. The van der Waals surface area contributed by atoms with Crippen molar-refractivity contribution in [2.75, 3.05) is 13.2 Å². The number of hydrogen-bond acceptors (Lipinski definition) is 5. The second-order valence-electron chi connectivity index (χ2n) is 3.60. The molecular weight excluding hydrogens is 258 g/mol. The van der Waals surface area contributed by atoms with Gasteiger partial charge in [-0.1, -0.05) is 16.8 Å². The maximum atomic E-state index is 8.63. The molecule has 0 aliphatic heterocycles. The molecule has 0 aromatic carbocycles. The van der Waals surface area contributed by atoms with Gasteiger partial charge in [0.2, 0.25) is 5.88 Å². The van der Waals surface area contributed by atoms with Gasteiger partial charge in [-0.25, -0.2) is 4.98 Å².